The molecule has 0 saturated carbocycles. The number of carbonyl (C=O) groups is 1. The molecule has 0 saturated heterocycles. The van der Waals surface area contributed by atoms with E-state index in [2.05, 4.69) is 0 Å². The summed E-state index contributed by atoms with van der Waals surface area (Å²) in [6, 6.07) is 5.36. The van der Waals surface area contributed by atoms with Gasteiger partial charge in [0.15, 0.2) is 0 Å². The molecule has 0 aliphatic carbocycles. The second-order valence-corrected chi connectivity index (χ2v) is 1.85. The molecular weight excluding hydrogens is 171 g/mol. The van der Waals surface area contributed by atoms with Gasteiger partial charge >= 0.3 is 5.97 Å². The van der Waals surface area contributed by atoms with Crippen LogP contribution in [-0.4, -0.2) is 67.6 Å². The average molecular weight is 177 g/mol. The van der Waals surface area contributed by atoms with Gasteiger partial charge in [0.25, 0.3) is 0 Å². The van der Waals surface area contributed by atoms with Crippen molar-refractivity contribution in [3.05, 3.63) is 29.8 Å². The summed E-state index contributed by atoms with van der Waals surface area (Å²) in [5.41, 5.74) is 0.179. The van der Waals surface area contributed by atoms with Gasteiger partial charge in [-0.2, -0.15) is 0 Å². The van der Waals surface area contributed by atoms with Crippen molar-refractivity contribution in [2.45, 2.75) is 0 Å². The van der Waals surface area contributed by atoms with E-state index in [-0.39, 0.29) is 62.7 Å². The summed E-state index contributed by atoms with van der Waals surface area (Å²) in [6.45, 7) is 0. The second kappa shape index (κ2) is 4.90. The normalized spacial score (nSPS) is 8.36. The predicted molar refractivity (Wildman–Crippen MR) is 40.8 cm³/mol. The minimum Gasteiger partial charge on any atom is -0.508 e. The van der Waals surface area contributed by atoms with Crippen molar-refractivity contribution in [1.29, 1.82) is 0 Å². The molecule has 0 fully saturated rings. The number of rotatable bonds is 1. The van der Waals surface area contributed by atoms with Gasteiger partial charge in [-0.15, -0.1) is 0 Å². The molecule has 1 rings (SSSR count). The van der Waals surface area contributed by atoms with Gasteiger partial charge in [-0.3, -0.25) is 0 Å². The van der Waals surface area contributed by atoms with Crippen LogP contribution in [0, 0.1) is 0 Å². The van der Waals surface area contributed by atoms with Gasteiger partial charge in [0, 0.05) is 51.4 Å². The second-order valence-electron chi connectivity index (χ2n) is 1.85. The van der Waals surface area contributed by atoms with Crippen LogP contribution in [0.1, 0.15) is 10.4 Å². The molecule has 0 bridgehead atoms. The van der Waals surface area contributed by atoms with E-state index in [1.165, 1.54) is 24.3 Å². The van der Waals surface area contributed by atoms with Gasteiger partial charge in [0.05, 0.1) is 5.56 Å². The van der Waals surface area contributed by atoms with Gasteiger partial charge in [0.1, 0.15) is 5.75 Å². The van der Waals surface area contributed by atoms with Crippen LogP contribution in [0.4, 0.5) is 0 Å². The first-order chi connectivity index (χ1) is 4.70. The molecule has 3 nitrogen and oxygen atoms in total. The summed E-state index contributed by atoms with van der Waals surface area (Å²) in [5, 5.41) is 17.1. The minimum atomic E-state index is -0.986. The monoisotopic (exact) mass is 177 g/mol. The predicted octanol–water partition coefficient (Wildman–Crippen LogP) is 0.710. The molecule has 1 aromatic rings. The van der Waals surface area contributed by atoms with Crippen molar-refractivity contribution >= 4 is 57.4 Å². The van der Waals surface area contributed by atoms with Crippen LogP contribution in [0.15, 0.2) is 24.3 Å². The molecular formula is C7H6KO3. The maximum Gasteiger partial charge on any atom is 0.335 e. The zero-order chi connectivity index (χ0) is 7.56. The van der Waals surface area contributed by atoms with Crippen LogP contribution in [0.3, 0.4) is 0 Å². The van der Waals surface area contributed by atoms with E-state index in [0.29, 0.717) is 0 Å². The molecule has 0 unspecified atom stereocenters. The van der Waals surface area contributed by atoms with Crippen LogP contribution >= 0.6 is 0 Å². The Bertz CT molecular complexity index is 242. The van der Waals surface area contributed by atoms with Crippen molar-refractivity contribution in [3.63, 3.8) is 0 Å². The number of carboxylic acids is 1. The molecule has 0 spiro atoms. The Balaban J connectivity index is 0.000001000. The van der Waals surface area contributed by atoms with Crippen molar-refractivity contribution in [2.24, 2.45) is 0 Å². The Labute approximate surface area is 106 Å². The summed E-state index contributed by atoms with van der Waals surface area (Å²) in [5.74, 6) is -0.912. The summed E-state index contributed by atoms with van der Waals surface area (Å²) in [6.07, 6.45) is 0. The first kappa shape index (κ1) is 11.1. The zero-order valence-corrected chi connectivity index (χ0v) is 9.24. The summed E-state index contributed by atoms with van der Waals surface area (Å²) >= 11 is 0. The Hall–Kier alpha value is 0.126. The number of hydrogen-bond acceptors (Lipinski definition) is 2. The third-order valence-corrected chi connectivity index (χ3v) is 1.11. The van der Waals surface area contributed by atoms with Crippen LogP contribution in [-0.2, 0) is 0 Å². The molecule has 0 aliphatic heterocycles. The first-order valence-electron chi connectivity index (χ1n) is 2.72. The number of hydrogen-bond donors (Lipinski definition) is 2. The van der Waals surface area contributed by atoms with Gasteiger partial charge < -0.3 is 10.2 Å². The fraction of sp³-hybridized carbons (Fsp3) is 0. The van der Waals surface area contributed by atoms with E-state index in [0.717, 1.165) is 0 Å². The number of carboxylic acid groups (broad SMARTS) is 1. The van der Waals surface area contributed by atoms with Gasteiger partial charge in [-0.25, -0.2) is 4.79 Å². The van der Waals surface area contributed by atoms with E-state index in [4.69, 9.17) is 10.2 Å². The molecule has 53 valence electrons. The topological polar surface area (TPSA) is 57.5 Å². The van der Waals surface area contributed by atoms with E-state index in [1.807, 2.05) is 0 Å². The molecule has 2 N–H and O–H groups in total. The van der Waals surface area contributed by atoms with Crippen LogP contribution in [0.2, 0.25) is 0 Å². The number of phenolic OH excluding ortho intramolecular Hbond substituents is 1. The quantitative estimate of drug-likeness (QED) is 0.621. The number of aromatic carboxylic acids is 1. The molecule has 1 radical (unpaired) electrons. The molecule has 0 aromatic heterocycles. The maximum atomic E-state index is 10.2. The van der Waals surface area contributed by atoms with E-state index in [9.17, 15) is 4.79 Å². The molecule has 0 heterocycles. The van der Waals surface area contributed by atoms with Crippen molar-refractivity contribution < 1.29 is 15.0 Å². The Morgan fingerprint density at radius 1 is 1.18 bits per heavy atom. The van der Waals surface area contributed by atoms with E-state index in [1.54, 1.807) is 0 Å². The summed E-state index contributed by atoms with van der Waals surface area (Å²) in [4.78, 5) is 10.2. The van der Waals surface area contributed by atoms with Gasteiger partial charge in [-0.1, -0.05) is 0 Å². The third-order valence-electron chi connectivity index (χ3n) is 1.11. The van der Waals surface area contributed by atoms with Crippen molar-refractivity contribution in [3.8, 4) is 5.75 Å². The largest absolute Gasteiger partial charge is 0.508 e. The molecule has 11 heavy (non-hydrogen) atoms. The molecule has 0 amide bonds. The first-order valence-corrected chi connectivity index (χ1v) is 2.72. The minimum absolute atomic E-state index is 0. The maximum absolute atomic E-state index is 10.2. The third kappa shape index (κ3) is 3.35. The zero-order valence-electron chi connectivity index (χ0n) is 6.11. The van der Waals surface area contributed by atoms with Crippen LogP contribution in [0.5, 0.6) is 5.75 Å². The molecule has 0 aliphatic rings. The molecule has 4 heteroatoms. The Morgan fingerprint density at radius 2 is 1.64 bits per heavy atom. The summed E-state index contributed by atoms with van der Waals surface area (Å²) < 4.78 is 0. The van der Waals surface area contributed by atoms with E-state index < -0.39 is 5.97 Å². The number of benzene rings is 1. The molecule has 0 atom stereocenters. The fourth-order valence-corrected chi connectivity index (χ4v) is 0.604. The summed E-state index contributed by atoms with van der Waals surface area (Å²) in [7, 11) is 0. The standard InChI is InChI=1S/C7H6O3.K/c8-6-3-1-5(2-4-6)7(9)10;/h1-4,8H,(H,9,10);. The number of aromatic hydroxyl groups is 1. The van der Waals surface area contributed by atoms with Crippen LogP contribution < -0.4 is 0 Å². The van der Waals surface area contributed by atoms with Gasteiger partial charge in [0.2, 0.25) is 0 Å². The Kier molecular flexibility index (Phi) is 4.95. The van der Waals surface area contributed by atoms with Crippen LogP contribution in [0.25, 0.3) is 0 Å². The number of phenols is 1. The molecule has 1 aromatic carbocycles. The fourth-order valence-electron chi connectivity index (χ4n) is 0.604. The van der Waals surface area contributed by atoms with Crippen molar-refractivity contribution in [1.82, 2.24) is 0 Å². The van der Waals surface area contributed by atoms with E-state index >= 15 is 0 Å². The SMILES string of the molecule is O=C(O)c1ccc(O)cc1.[K]. The van der Waals surface area contributed by atoms with Gasteiger partial charge in [-0.05, 0) is 24.3 Å². The van der Waals surface area contributed by atoms with Crippen molar-refractivity contribution in [2.75, 3.05) is 0 Å². The smallest absolute Gasteiger partial charge is 0.335 e. The average Bonchev–Trinajstić information content (AvgIpc) is 1.88. The Morgan fingerprint density at radius 3 is 2.00 bits per heavy atom.